The number of hydrogen-bond donors (Lipinski definition) is 1. The highest BCUT2D eigenvalue weighted by atomic mass is 16.3. The van der Waals surface area contributed by atoms with Crippen LogP contribution in [0.3, 0.4) is 0 Å². The average Bonchev–Trinajstić information content (AvgIpc) is 2.67. The van der Waals surface area contributed by atoms with Crippen LogP contribution in [0.1, 0.15) is 160 Å². The van der Waals surface area contributed by atoms with E-state index >= 15 is 0 Å². The molecule has 1 N–H and O–H groups in total. The van der Waals surface area contributed by atoms with E-state index in [0.29, 0.717) is 17.6 Å². The summed E-state index contributed by atoms with van der Waals surface area (Å²) in [6, 6.07) is 4.49. The summed E-state index contributed by atoms with van der Waals surface area (Å²) in [5, 5.41) is 10.9. The molecule has 174 valence electrons. The van der Waals surface area contributed by atoms with Crippen molar-refractivity contribution < 1.29 is 5.11 Å². The number of phenolic OH excluding ortho intramolecular Hbond substituents is 1. The molecule has 0 spiro atoms. The van der Waals surface area contributed by atoms with Crippen molar-refractivity contribution in [2.45, 2.75) is 149 Å². The molecule has 1 aromatic rings. The van der Waals surface area contributed by atoms with E-state index < -0.39 is 0 Å². The Labute approximate surface area is 189 Å². The van der Waals surface area contributed by atoms with Gasteiger partial charge in [0.2, 0.25) is 0 Å². The van der Waals surface area contributed by atoms with Crippen LogP contribution in [0.2, 0.25) is 0 Å². The molecular weight excluding hydrogens is 364 g/mol. The van der Waals surface area contributed by atoms with E-state index in [1.807, 2.05) is 0 Å². The van der Waals surface area contributed by atoms with E-state index in [2.05, 4.69) is 60.6 Å². The molecule has 0 saturated heterocycles. The summed E-state index contributed by atoms with van der Waals surface area (Å²) >= 11 is 0. The lowest BCUT2D eigenvalue weighted by atomic mass is 9.80. The third-order valence-electron chi connectivity index (χ3n) is 6.68. The number of aromatic hydroxyl groups is 1. The second kappa shape index (κ2) is 14.2. The third kappa shape index (κ3) is 9.88. The molecule has 0 heterocycles. The number of phenols is 1. The molecule has 0 fully saturated rings. The maximum absolute atomic E-state index is 10.9. The van der Waals surface area contributed by atoms with Gasteiger partial charge in [-0.1, -0.05) is 138 Å². The molecule has 1 unspecified atom stereocenters. The van der Waals surface area contributed by atoms with Crippen molar-refractivity contribution >= 4 is 0 Å². The predicted molar refractivity (Wildman–Crippen MR) is 135 cm³/mol. The molecule has 1 atom stereocenters. The zero-order valence-corrected chi connectivity index (χ0v) is 21.4. The fraction of sp³-hybridized carbons (Fsp3) is 0.793. The molecule has 0 bridgehead atoms. The average molecular weight is 417 g/mol. The Morgan fingerprint density at radius 2 is 1.13 bits per heavy atom. The molecule has 0 aliphatic rings. The summed E-state index contributed by atoms with van der Waals surface area (Å²) in [6.45, 7) is 15.7. The SMILES string of the molecule is CCCCCCCCCCCCCCC(C)c1cc(C(C)(C)C)cc(C(C)C)c1O. The van der Waals surface area contributed by atoms with Gasteiger partial charge in [-0.2, -0.15) is 0 Å². The van der Waals surface area contributed by atoms with Crippen LogP contribution in [0.5, 0.6) is 5.75 Å². The first-order chi connectivity index (χ1) is 14.2. The molecule has 1 nitrogen and oxygen atoms in total. The first-order valence-corrected chi connectivity index (χ1v) is 13.1. The van der Waals surface area contributed by atoms with Crippen LogP contribution in [-0.2, 0) is 5.41 Å². The van der Waals surface area contributed by atoms with Crippen molar-refractivity contribution in [3.8, 4) is 5.75 Å². The summed E-state index contributed by atoms with van der Waals surface area (Å²) in [6.07, 6.45) is 17.9. The largest absolute Gasteiger partial charge is 0.507 e. The van der Waals surface area contributed by atoms with Crippen molar-refractivity contribution in [1.29, 1.82) is 0 Å². The maximum atomic E-state index is 10.9. The third-order valence-corrected chi connectivity index (χ3v) is 6.68. The summed E-state index contributed by atoms with van der Waals surface area (Å²) < 4.78 is 0. The van der Waals surface area contributed by atoms with Crippen LogP contribution in [0.25, 0.3) is 0 Å². The first-order valence-electron chi connectivity index (χ1n) is 13.1. The van der Waals surface area contributed by atoms with E-state index in [-0.39, 0.29) is 5.41 Å². The Morgan fingerprint density at radius 3 is 1.57 bits per heavy atom. The quantitative estimate of drug-likeness (QED) is 0.282. The molecule has 1 rings (SSSR count). The summed E-state index contributed by atoms with van der Waals surface area (Å²) in [7, 11) is 0. The van der Waals surface area contributed by atoms with Crippen LogP contribution >= 0.6 is 0 Å². The zero-order chi connectivity index (χ0) is 22.6. The van der Waals surface area contributed by atoms with Crippen molar-refractivity contribution in [1.82, 2.24) is 0 Å². The van der Waals surface area contributed by atoms with Gasteiger partial charge in [0.05, 0.1) is 0 Å². The van der Waals surface area contributed by atoms with Gasteiger partial charge in [-0.25, -0.2) is 0 Å². The normalized spacial score (nSPS) is 13.2. The fourth-order valence-electron chi connectivity index (χ4n) is 4.38. The van der Waals surface area contributed by atoms with E-state index in [9.17, 15) is 5.11 Å². The lowest BCUT2D eigenvalue weighted by molar-refractivity contribution is 0.445. The molecule has 0 aliphatic carbocycles. The number of hydrogen-bond acceptors (Lipinski definition) is 1. The highest BCUT2D eigenvalue weighted by Crippen LogP contribution is 2.39. The second-order valence-electron chi connectivity index (χ2n) is 11.0. The van der Waals surface area contributed by atoms with Gasteiger partial charge in [-0.3, -0.25) is 0 Å². The molecule has 0 amide bonds. The lowest BCUT2D eigenvalue weighted by Crippen LogP contribution is -2.13. The summed E-state index contributed by atoms with van der Waals surface area (Å²) in [4.78, 5) is 0. The minimum atomic E-state index is 0.113. The van der Waals surface area contributed by atoms with Gasteiger partial charge in [0.1, 0.15) is 5.75 Å². The second-order valence-corrected chi connectivity index (χ2v) is 11.0. The molecule has 0 radical (unpaired) electrons. The minimum Gasteiger partial charge on any atom is -0.507 e. The molecular formula is C29H52O. The van der Waals surface area contributed by atoms with Crippen LogP contribution in [0, 0.1) is 0 Å². The number of rotatable bonds is 15. The molecule has 1 heteroatoms. The van der Waals surface area contributed by atoms with Gasteiger partial charge in [0.25, 0.3) is 0 Å². The van der Waals surface area contributed by atoms with Crippen molar-refractivity contribution in [2.24, 2.45) is 0 Å². The highest BCUT2D eigenvalue weighted by Gasteiger charge is 2.22. The Kier molecular flexibility index (Phi) is 12.8. The monoisotopic (exact) mass is 416 g/mol. The molecule has 30 heavy (non-hydrogen) atoms. The van der Waals surface area contributed by atoms with Crippen LogP contribution in [0.4, 0.5) is 0 Å². The van der Waals surface area contributed by atoms with E-state index in [0.717, 1.165) is 11.1 Å². The van der Waals surface area contributed by atoms with Gasteiger partial charge in [0.15, 0.2) is 0 Å². The lowest BCUT2D eigenvalue weighted by Gasteiger charge is -2.25. The van der Waals surface area contributed by atoms with Crippen molar-refractivity contribution in [3.05, 3.63) is 28.8 Å². The first kappa shape index (κ1) is 27.1. The van der Waals surface area contributed by atoms with Gasteiger partial charge >= 0.3 is 0 Å². The molecule has 0 aromatic heterocycles. The van der Waals surface area contributed by atoms with Gasteiger partial charge < -0.3 is 5.11 Å². The van der Waals surface area contributed by atoms with Gasteiger partial charge in [-0.15, -0.1) is 0 Å². The molecule has 0 saturated carbocycles. The standard InChI is InChI=1S/C29H52O/c1-8-9-10-11-12-13-14-15-16-17-18-19-20-24(4)27-22-25(29(5,6)7)21-26(23(2)3)28(27)30/h21-24,30H,8-20H2,1-7H3. The molecule has 1 aromatic carbocycles. The number of benzene rings is 1. The smallest absolute Gasteiger partial charge is 0.122 e. The Bertz CT molecular complexity index is 579. The van der Waals surface area contributed by atoms with Crippen LogP contribution in [0.15, 0.2) is 12.1 Å². The van der Waals surface area contributed by atoms with E-state index in [4.69, 9.17) is 0 Å². The van der Waals surface area contributed by atoms with Gasteiger partial charge in [-0.05, 0) is 40.4 Å². The number of unbranched alkanes of at least 4 members (excludes halogenated alkanes) is 11. The minimum absolute atomic E-state index is 0.113. The summed E-state index contributed by atoms with van der Waals surface area (Å²) in [5.74, 6) is 1.32. The van der Waals surface area contributed by atoms with E-state index in [1.165, 1.54) is 89.0 Å². The highest BCUT2D eigenvalue weighted by molar-refractivity contribution is 5.48. The van der Waals surface area contributed by atoms with Crippen LogP contribution < -0.4 is 0 Å². The molecule has 0 aliphatic heterocycles. The van der Waals surface area contributed by atoms with Crippen molar-refractivity contribution in [2.75, 3.05) is 0 Å². The van der Waals surface area contributed by atoms with Crippen molar-refractivity contribution in [3.63, 3.8) is 0 Å². The van der Waals surface area contributed by atoms with Crippen LogP contribution in [-0.4, -0.2) is 5.11 Å². The topological polar surface area (TPSA) is 20.2 Å². The maximum Gasteiger partial charge on any atom is 0.122 e. The Balaban J connectivity index is 2.38. The predicted octanol–water partition coefficient (Wildman–Crippen LogP) is 10.0. The van der Waals surface area contributed by atoms with Gasteiger partial charge in [0, 0.05) is 0 Å². The fourth-order valence-corrected chi connectivity index (χ4v) is 4.38. The Morgan fingerprint density at radius 1 is 0.700 bits per heavy atom. The van der Waals surface area contributed by atoms with E-state index in [1.54, 1.807) is 0 Å². The Hall–Kier alpha value is -0.980. The zero-order valence-electron chi connectivity index (χ0n) is 21.4. The summed E-state index contributed by atoms with van der Waals surface area (Å²) in [5.41, 5.74) is 3.73.